The SMILES string of the molecule is O=C(NC1CCN(c2ccccc2C(=O)N2CCN(c3ccccn3)CC2)CC1)C1CCCCC1. The Morgan fingerprint density at radius 1 is 0.771 bits per heavy atom. The number of aromatic nitrogens is 1. The molecule has 1 aromatic heterocycles. The van der Waals surface area contributed by atoms with Crippen molar-refractivity contribution in [2.24, 2.45) is 5.92 Å². The Hall–Kier alpha value is -3.09. The molecule has 35 heavy (non-hydrogen) atoms. The summed E-state index contributed by atoms with van der Waals surface area (Å²) < 4.78 is 0. The van der Waals surface area contributed by atoms with Crippen molar-refractivity contribution in [1.82, 2.24) is 15.2 Å². The molecule has 7 heteroatoms. The predicted octanol–water partition coefficient (Wildman–Crippen LogP) is 3.71. The number of hydrogen-bond acceptors (Lipinski definition) is 5. The van der Waals surface area contributed by atoms with Crippen LogP contribution in [0.4, 0.5) is 11.5 Å². The summed E-state index contributed by atoms with van der Waals surface area (Å²) in [5.74, 6) is 1.54. The molecular formula is C28H37N5O2. The van der Waals surface area contributed by atoms with E-state index in [2.05, 4.69) is 26.2 Å². The van der Waals surface area contributed by atoms with Gasteiger partial charge >= 0.3 is 0 Å². The third kappa shape index (κ3) is 5.60. The van der Waals surface area contributed by atoms with Gasteiger partial charge in [-0.1, -0.05) is 37.5 Å². The monoisotopic (exact) mass is 475 g/mol. The normalized spacial score (nSPS) is 20.1. The second-order valence-corrected chi connectivity index (χ2v) is 10.1. The molecule has 7 nitrogen and oxygen atoms in total. The molecule has 2 amide bonds. The topological polar surface area (TPSA) is 68.8 Å². The zero-order valence-electron chi connectivity index (χ0n) is 20.6. The minimum atomic E-state index is 0.106. The number of pyridine rings is 1. The van der Waals surface area contributed by atoms with Crippen molar-refractivity contribution in [3.63, 3.8) is 0 Å². The molecule has 186 valence electrons. The van der Waals surface area contributed by atoms with Gasteiger partial charge in [0.2, 0.25) is 5.91 Å². The van der Waals surface area contributed by atoms with E-state index in [1.807, 2.05) is 47.5 Å². The number of nitrogens with one attached hydrogen (secondary N) is 1. The number of amides is 2. The fourth-order valence-electron chi connectivity index (χ4n) is 5.73. The van der Waals surface area contributed by atoms with Crippen molar-refractivity contribution >= 4 is 23.3 Å². The summed E-state index contributed by atoms with van der Waals surface area (Å²) in [6.45, 7) is 4.67. The quantitative estimate of drug-likeness (QED) is 0.714. The van der Waals surface area contributed by atoms with Crippen molar-refractivity contribution < 1.29 is 9.59 Å². The van der Waals surface area contributed by atoms with E-state index in [1.54, 1.807) is 0 Å². The van der Waals surface area contributed by atoms with Crippen LogP contribution in [-0.4, -0.2) is 67.0 Å². The second-order valence-electron chi connectivity index (χ2n) is 10.1. The molecule has 2 aromatic rings. The lowest BCUT2D eigenvalue weighted by Crippen LogP contribution is -2.49. The first-order valence-corrected chi connectivity index (χ1v) is 13.3. The molecule has 5 rings (SSSR count). The number of benzene rings is 1. The number of rotatable bonds is 5. The average molecular weight is 476 g/mol. The first-order valence-electron chi connectivity index (χ1n) is 13.3. The highest BCUT2D eigenvalue weighted by Crippen LogP contribution is 2.27. The van der Waals surface area contributed by atoms with Gasteiger partial charge in [-0.25, -0.2) is 4.98 Å². The van der Waals surface area contributed by atoms with Crippen LogP contribution >= 0.6 is 0 Å². The van der Waals surface area contributed by atoms with Gasteiger partial charge in [-0.15, -0.1) is 0 Å². The Morgan fingerprint density at radius 3 is 2.20 bits per heavy atom. The predicted molar refractivity (Wildman–Crippen MR) is 139 cm³/mol. The molecule has 0 bridgehead atoms. The zero-order valence-corrected chi connectivity index (χ0v) is 20.6. The zero-order chi connectivity index (χ0) is 24.0. The Kier molecular flexibility index (Phi) is 7.50. The molecule has 3 heterocycles. The molecule has 2 saturated heterocycles. The highest BCUT2D eigenvalue weighted by Gasteiger charge is 2.29. The van der Waals surface area contributed by atoms with Crippen LogP contribution < -0.4 is 15.1 Å². The maximum atomic E-state index is 13.5. The summed E-state index contributed by atoms with van der Waals surface area (Å²) >= 11 is 0. The van der Waals surface area contributed by atoms with Crippen molar-refractivity contribution in [2.75, 3.05) is 49.1 Å². The minimum absolute atomic E-state index is 0.106. The van der Waals surface area contributed by atoms with Gasteiger partial charge in [-0.05, 0) is 49.9 Å². The van der Waals surface area contributed by atoms with Gasteiger partial charge in [-0.3, -0.25) is 9.59 Å². The number of para-hydroxylation sites is 1. The fourth-order valence-corrected chi connectivity index (χ4v) is 5.73. The van der Waals surface area contributed by atoms with Crippen LogP contribution in [0, 0.1) is 5.92 Å². The summed E-state index contributed by atoms with van der Waals surface area (Å²) in [7, 11) is 0. The lowest BCUT2D eigenvalue weighted by molar-refractivity contribution is -0.126. The smallest absolute Gasteiger partial charge is 0.256 e. The second kappa shape index (κ2) is 11.1. The maximum absolute atomic E-state index is 13.5. The van der Waals surface area contributed by atoms with Gasteiger partial charge in [0.25, 0.3) is 5.91 Å². The summed E-state index contributed by atoms with van der Waals surface area (Å²) in [6, 6.07) is 14.2. The lowest BCUT2D eigenvalue weighted by atomic mass is 9.88. The Labute approximate surface area is 208 Å². The van der Waals surface area contributed by atoms with Crippen molar-refractivity contribution in [3.05, 3.63) is 54.2 Å². The number of carbonyl (C=O) groups is 2. The van der Waals surface area contributed by atoms with Crippen molar-refractivity contribution in [1.29, 1.82) is 0 Å². The van der Waals surface area contributed by atoms with Gasteiger partial charge in [0, 0.05) is 63.1 Å². The van der Waals surface area contributed by atoms with E-state index < -0.39 is 0 Å². The number of anilines is 2. The molecule has 1 N–H and O–H groups in total. The molecule has 3 fully saturated rings. The highest BCUT2D eigenvalue weighted by atomic mass is 16.2. The highest BCUT2D eigenvalue weighted by molar-refractivity contribution is 6.00. The molecule has 0 spiro atoms. The molecule has 1 aliphatic carbocycles. The van der Waals surface area contributed by atoms with Gasteiger partial charge < -0.3 is 20.0 Å². The van der Waals surface area contributed by atoms with Crippen LogP contribution in [-0.2, 0) is 4.79 Å². The van der Waals surface area contributed by atoms with Gasteiger partial charge in [0.15, 0.2) is 0 Å². The van der Waals surface area contributed by atoms with Crippen molar-refractivity contribution in [2.45, 2.75) is 51.0 Å². The third-order valence-electron chi connectivity index (χ3n) is 7.83. The fraction of sp³-hybridized carbons (Fsp3) is 0.536. The number of piperidine rings is 1. The van der Waals surface area contributed by atoms with Crippen LogP contribution in [0.5, 0.6) is 0 Å². The molecular weight excluding hydrogens is 438 g/mol. The van der Waals surface area contributed by atoms with E-state index >= 15 is 0 Å². The molecule has 0 atom stereocenters. The summed E-state index contributed by atoms with van der Waals surface area (Å²) in [4.78, 5) is 37.1. The lowest BCUT2D eigenvalue weighted by Gasteiger charge is -2.38. The van der Waals surface area contributed by atoms with Gasteiger partial charge in [0.1, 0.15) is 5.82 Å². The first kappa shape index (κ1) is 23.6. The van der Waals surface area contributed by atoms with E-state index in [0.29, 0.717) is 13.1 Å². The van der Waals surface area contributed by atoms with Crippen LogP contribution in [0.3, 0.4) is 0 Å². The largest absolute Gasteiger partial charge is 0.371 e. The molecule has 3 aliphatic rings. The summed E-state index contributed by atoms with van der Waals surface area (Å²) in [5.41, 5.74) is 1.80. The Morgan fingerprint density at radius 2 is 1.49 bits per heavy atom. The molecule has 1 saturated carbocycles. The van der Waals surface area contributed by atoms with Crippen LogP contribution in [0.1, 0.15) is 55.3 Å². The van der Waals surface area contributed by atoms with E-state index in [0.717, 1.165) is 68.9 Å². The maximum Gasteiger partial charge on any atom is 0.256 e. The number of carbonyl (C=O) groups excluding carboxylic acids is 2. The molecule has 2 aliphatic heterocycles. The van der Waals surface area contributed by atoms with Crippen LogP contribution in [0.15, 0.2) is 48.7 Å². The first-order chi connectivity index (χ1) is 17.2. The minimum Gasteiger partial charge on any atom is -0.371 e. The average Bonchev–Trinajstić information content (AvgIpc) is 2.94. The molecule has 0 unspecified atom stereocenters. The van der Waals surface area contributed by atoms with Crippen LogP contribution in [0.2, 0.25) is 0 Å². The number of piperazine rings is 1. The van der Waals surface area contributed by atoms with Gasteiger partial charge in [-0.2, -0.15) is 0 Å². The van der Waals surface area contributed by atoms with E-state index in [-0.39, 0.29) is 23.8 Å². The van der Waals surface area contributed by atoms with E-state index in [9.17, 15) is 9.59 Å². The molecule has 0 radical (unpaired) electrons. The van der Waals surface area contributed by atoms with Crippen molar-refractivity contribution in [3.8, 4) is 0 Å². The molecule has 1 aromatic carbocycles. The van der Waals surface area contributed by atoms with Crippen LogP contribution in [0.25, 0.3) is 0 Å². The van der Waals surface area contributed by atoms with E-state index in [1.165, 1.54) is 19.3 Å². The standard InChI is InChI=1S/C28H37N5O2/c34-27(22-8-2-1-3-9-22)30-23-13-16-31(17-14-23)25-11-5-4-10-24(25)28(35)33-20-18-32(19-21-33)26-12-6-7-15-29-26/h4-7,10-12,15,22-23H,1-3,8-9,13-14,16-21H2,(H,30,34). The van der Waals surface area contributed by atoms with E-state index in [4.69, 9.17) is 0 Å². The number of nitrogens with zero attached hydrogens (tertiary/aromatic N) is 4. The summed E-state index contributed by atoms with van der Waals surface area (Å²) in [6.07, 6.45) is 9.35. The number of hydrogen-bond donors (Lipinski definition) is 1. The third-order valence-corrected chi connectivity index (χ3v) is 7.83. The van der Waals surface area contributed by atoms with Gasteiger partial charge in [0.05, 0.1) is 5.56 Å². The summed E-state index contributed by atoms with van der Waals surface area (Å²) in [5, 5.41) is 3.32. The Balaban J connectivity index is 1.17. The Bertz CT molecular complexity index is 991.